The fourth-order valence-electron chi connectivity index (χ4n) is 1.27. The van der Waals surface area contributed by atoms with Crippen LogP contribution in [0.3, 0.4) is 0 Å². The van der Waals surface area contributed by atoms with Gasteiger partial charge in [0.15, 0.2) is 0 Å². The zero-order valence-corrected chi connectivity index (χ0v) is 9.78. The van der Waals surface area contributed by atoms with Gasteiger partial charge in [-0.25, -0.2) is 0 Å². The molecule has 0 bridgehead atoms. The van der Waals surface area contributed by atoms with Gasteiger partial charge in [-0.15, -0.1) is 11.3 Å². The minimum atomic E-state index is -0.764. The normalized spacial score (nSPS) is 12.8. The van der Waals surface area contributed by atoms with E-state index in [0.29, 0.717) is 0 Å². The van der Waals surface area contributed by atoms with Crippen LogP contribution < -0.4 is 0 Å². The molecule has 2 nitrogen and oxygen atoms in total. The summed E-state index contributed by atoms with van der Waals surface area (Å²) >= 11 is 7.60. The molecule has 14 heavy (non-hydrogen) atoms. The number of hydrogen-bond donors (Lipinski definition) is 1. The number of carbonyl (C=O) groups is 1. The smallest absolute Gasteiger partial charge is 0.303 e. The van der Waals surface area contributed by atoms with E-state index in [2.05, 4.69) is 0 Å². The van der Waals surface area contributed by atoms with Crippen LogP contribution in [0, 0.1) is 0 Å². The molecule has 0 aliphatic heterocycles. The number of aryl methyl sites for hydroxylation is 1. The largest absolute Gasteiger partial charge is 0.481 e. The molecule has 0 spiro atoms. The van der Waals surface area contributed by atoms with E-state index in [0.717, 1.165) is 21.2 Å². The van der Waals surface area contributed by atoms with E-state index >= 15 is 0 Å². The van der Waals surface area contributed by atoms with Gasteiger partial charge >= 0.3 is 5.97 Å². The molecule has 1 rings (SSSR count). The minimum Gasteiger partial charge on any atom is -0.481 e. The molecule has 0 fully saturated rings. The maximum atomic E-state index is 10.5. The highest BCUT2D eigenvalue weighted by Crippen LogP contribution is 2.33. The van der Waals surface area contributed by atoms with Crippen molar-refractivity contribution in [2.24, 2.45) is 0 Å². The summed E-state index contributed by atoms with van der Waals surface area (Å²) in [7, 11) is 0. The summed E-state index contributed by atoms with van der Waals surface area (Å²) in [4.78, 5) is 12.7. The number of carboxylic acid groups (broad SMARTS) is 1. The van der Waals surface area contributed by atoms with Crippen molar-refractivity contribution in [3.8, 4) is 0 Å². The molecule has 1 aromatic rings. The van der Waals surface area contributed by atoms with E-state index in [9.17, 15) is 4.79 Å². The Morgan fingerprint density at radius 1 is 1.71 bits per heavy atom. The molecule has 4 heteroatoms. The second kappa shape index (κ2) is 4.80. The molecule has 0 radical (unpaired) electrons. The fourth-order valence-corrected chi connectivity index (χ4v) is 2.75. The second-order valence-electron chi connectivity index (χ2n) is 3.27. The van der Waals surface area contributed by atoms with E-state index < -0.39 is 5.97 Å². The predicted molar refractivity (Wildman–Crippen MR) is 59.4 cm³/mol. The number of rotatable bonds is 4. The molecular formula is C10H13ClO2S. The van der Waals surface area contributed by atoms with Crippen molar-refractivity contribution in [3.05, 3.63) is 20.8 Å². The van der Waals surface area contributed by atoms with Gasteiger partial charge in [-0.05, 0) is 12.5 Å². The zero-order valence-electron chi connectivity index (χ0n) is 8.21. The predicted octanol–water partition coefficient (Wildman–Crippen LogP) is 3.54. The summed E-state index contributed by atoms with van der Waals surface area (Å²) < 4.78 is 0. The maximum Gasteiger partial charge on any atom is 0.303 e. The Morgan fingerprint density at radius 2 is 2.36 bits per heavy atom. The molecule has 1 aromatic heterocycles. The molecule has 1 heterocycles. The second-order valence-corrected chi connectivity index (χ2v) is 4.85. The molecule has 0 saturated carbocycles. The SMILES string of the molecule is CCc1sc(C(C)CC(=O)O)cc1Cl. The number of aliphatic carboxylic acids is 1. The van der Waals surface area contributed by atoms with Crippen LogP contribution in [0.4, 0.5) is 0 Å². The van der Waals surface area contributed by atoms with Gasteiger partial charge in [0.2, 0.25) is 0 Å². The summed E-state index contributed by atoms with van der Waals surface area (Å²) in [6, 6.07) is 1.89. The van der Waals surface area contributed by atoms with Crippen LogP contribution in [0.25, 0.3) is 0 Å². The summed E-state index contributed by atoms with van der Waals surface area (Å²) in [6.45, 7) is 3.96. The lowest BCUT2D eigenvalue weighted by Crippen LogP contribution is -2.00. The molecular weight excluding hydrogens is 220 g/mol. The first kappa shape index (κ1) is 11.5. The third-order valence-electron chi connectivity index (χ3n) is 2.06. The van der Waals surface area contributed by atoms with Gasteiger partial charge in [0.25, 0.3) is 0 Å². The molecule has 0 aromatic carbocycles. The first-order valence-electron chi connectivity index (χ1n) is 4.54. The molecule has 78 valence electrons. The Labute approximate surface area is 92.5 Å². The van der Waals surface area contributed by atoms with E-state index in [1.807, 2.05) is 19.9 Å². The molecule has 1 atom stereocenters. The van der Waals surface area contributed by atoms with Crippen LogP contribution in [-0.4, -0.2) is 11.1 Å². The van der Waals surface area contributed by atoms with Gasteiger partial charge < -0.3 is 5.11 Å². The number of hydrogen-bond acceptors (Lipinski definition) is 2. The van der Waals surface area contributed by atoms with Crippen molar-refractivity contribution < 1.29 is 9.90 Å². The number of carboxylic acids is 1. The molecule has 0 aliphatic rings. The quantitative estimate of drug-likeness (QED) is 0.862. The van der Waals surface area contributed by atoms with Crippen molar-refractivity contribution in [2.45, 2.75) is 32.6 Å². The van der Waals surface area contributed by atoms with Gasteiger partial charge in [0.1, 0.15) is 0 Å². The molecule has 0 saturated heterocycles. The van der Waals surface area contributed by atoms with Gasteiger partial charge in [0.05, 0.1) is 11.4 Å². The van der Waals surface area contributed by atoms with Crippen LogP contribution in [-0.2, 0) is 11.2 Å². The maximum absolute atomic E-state index is 10.5. The van der Waals surface area contributed by atoms with E-state index in [1.54, 1.807) is 11.3 Å². The van der Waals surface area contributed by atoms with Crippen LogP contribution in [0.15, 0.2) is 6.07 Å². The Bertz CT molecular complexity index is 333. The Morgan fingerprint density at radius 3 is 2.79 bits per heavy atom. The molecule has 0 amide bonds. The number of halogens is 1. The van der Waals surface area contributed by atoms with Gasteiger partial charge in [-0.1, -0.05) is 25.4 Å². The van der Waals surface area contributed by atoms with E-state index in [4.69, 9.17) is 16.7 Å². The highest BCUT2D eigenvalue weighted by atomic mass is 35.5. The molecule has 0 aliphatic carbocycles. The summed E-state index contributed by atoms with van der Waals surface area (Å²) in [5.41, 5.74) is 0. The van der Waals surface area contributed by atoms with Gasteiger partial charge in [0, 0.05) is 15.7 Å². The fraction of sp³-hybridized carbons (Fsp3) is 0.500. The van der Waals surface area contributed by atoms with E-state index in [1.165, 1.54) is 0 Å². The average molecular weight is 233 g/mol. The van der Waals surface area contributed by atoms with Crippen molar-refractivity contribution >= 4 is 28.9 Å². The average Bonchev–Trinajstić information content (AvgIpc) is 2.45. The van der Waals surface area contributed by atoms with Crippen molar-refractivity contribution in [3.63, 3.8) is 0 Å². The Kier molecular flexibility index (Phi) is 3.96. The van der Waals surface area contributed by atoms with Crippen LogP contribution >= 0.6 is 22.9 Å². The first-order valence-corrected chi connectivity index (χ1v) is 5.74. The number of thiophene rings is 1. The van der Waals surface area contributed by atoms with Crippen molar-refractivity contribution in [1.82, 2.24) is 0 Å². The van der Waals surface area contributed by atoms with Gasteiger partial charge in [-0.3, -0.25) is 4.79 Å². The minimum absolute atomic E-state index is 0.0512. The van der Waals surface area contributed by atoms with Crippen LogP contribution in [0.1, 0.15) is 35.9 Å². The third-order valence-corrected chi connectivity index (χ3v) is 4.02. The lowest BCUT2D eigenvalue weighted by Gasteiger charge is -2.03. The standard InChI is InChI=1S/C10H13ClO2S/c1-3-8-7(11)5-9(14-8)6(2)4-10(12)13/h5-6H,3-4H2,1-2H3,(H,12,13). The van der Waals surface area contributed by atoms with Crippen molar-refractivity contribution in [1.29, 1.82) is 0 Å². The zero-order chi connectivity index (χ0) is 10.7. The Balaban J connectivity index is 2.80. The lowest BCUT2D eigenvalue weighted by atomic mass is 10.1. The first-order chi connectivity index (χ1) is 6.54. The van der Waals surface area contributed by atoms with Gasteiger partial charge in [-0.2, -0.15) is 0 Å². The highest BCUT2D eigenvalue weighted by molar-refractivity contribution is 7.12. The highest BCUT2D eigenvalue weighted by Gasteiger charge is 2.14. The van der Waals surface area contributed by atoms with Crippen LogP contribution in [0.5, 0.6) is 0 Å². The topological polar surface area (TPSA) is 37.3 Å². The monoisotopic (exact) mass is 232 g/mol. The third kappa shape index (κ3) is 2.72. The summed E-state index contributed by atoms with van der Waals surface area (Å²) in [6.07, 6.45) is 1.07. The summed E-state index contributed by atoms with van der Waals surface area (Å²) in [5.74, 6) is -0.713. The van der Waals surface area contributed by atoms with Crippen LogP contribution in [0.2, 0.25) is 5.02 Å². The summed E-state index contributed by atoms with van der Waals surface area (Å²) in [5, 5.41) is 9.42. The van der Waals surface area contributed by atoms with Crippen molar-refractivity contribution in [2.75, 3.05) is 0 Å². The molecule has 1 unspecified atom stereocenters. The lowest BCUT2D eigenvalue weighted by molar-refractivity contribution is -0.137. The Hall–Kier alpha value is -0.540. The van der Waals surface area contributed by atoms with E-state index in [-0.39, 0.29) is 12.3 Å². The molecule has 1 N–H and O–H groups in total.